The summed E-state index contributed by atoms with van der Waals surface area (Å²) in [6.45, 7) is 3.25. The van der Waals surface area contributed by atoms with Crippen molar-refractivity contribution in [1.29, 1.82) is 0 Å². The van der Waals surface area contributed by atoms with E-state index in [0.717, 1.165) is 11.1 Å². The van der Waals surface area contributed by atoms with Crippen LogP contribution < -0.4 is 5.32 Å². The molecule has 1 N–H and O–H groups in total. The molecule has 1 heterocycles. The zero-order valence-electron chi connectivity index (χ0n) is 16.2. The van der Waals surface area contributed by atoms with Crippen LogP contribution in [0.25, 0.3) is 0 Å². The molecule has 2 aromatic rings. The molecule has 150 valence electrons. The molecule has 3 rings (SSSR count). The van der Waals surface area contributed by atoms with Crippen molar-refractivity contribution >= 4 is 15.9 Å². The highest BCUT2D eigenvalue weighted by molar-refractivity contribution is 7.89. The van der Waals surface area contributed by atoms with Crippen molar-refractivity contribution in [3.8, 4) is 0 Å². The number of aryl methyl sites for hydroxylation is 1. The van der Waals surface area contributed by atoms with Crippen molar-refractivity contribution in [2.45, 2.75) is 17.7 Å². The summed E-state index contributed by atoms with van der Waals surface area (Å²) in [5.41, 5.74) is 2.07. The van der Waals surface area contributed by atoms with Gasteiger partial charge in [0, 0.05) is 32.7 Å². The minimum Gasteiger partial charge on any atom is -0.383 e. The molecular weight excluding hydrogens is 376 g/mol. The van der Waals surface area contributed by atoms with Crippen LogP contribution in [0.2, 0.25) is 0 Å². The fraction of sp³-hybridized carbons (Fsp3) is 0.381. The smallest absolute Gasteiger partial charge is 0.243 e. The number of benzene rings is 2. The SMILES string of the molecule is COCCNC(=O)[C@H]1CN(S(=O)(=O)c2ccccc2)C[C@H]1c1ccccc1C. The lowest BCUT2D eigenvalue weighted by atomic mass is 9.86. The normalized spacial score (nSPS) is 20.2. The van der Waals surface area contributed by atoms with Crippen molar-refractivity contribution < 1.29 is 17.9 Å². The highest BCUT2D eigenvalue weighted by Gasteiger charge is 2.43. The first kappa shape index (κ1) is 20.5. The van der Waals surface area contributed by atoms with Gasteiger partial charge in [-0.25, -0.2) is 8.42 Å². The summed E-state index contributed by atoms with van der Waals surface area (Å²) in [6, 6.07) is 16.2. The number of carbonyl (C=O) groups is 1. The molecule has 0 spiro atoms. The lowest BCUT2D eigenvalue weighted by molar-refractivity contribution is -0.125. The number of carbonyl (C=O) groups excluding carboxylic acids is 1. The molecule has 1 fully saturated rings. The van der Waals surface area contributed by atoms with Crippen LogP contribution in [-0.2, 0) is 19.6 Å². The Morgan fingerprint density at radius 1 is 1.11 bits per heavy atom. The van der Waals surface area contributed by atoms with Crippen LogP contribution in [0.1, 0.15) is 17.0 Å². The Kier molecular flexibility index (Phi) is 6.49. The minimum absolute atomic E-state index is 0.143. The lowest BCUT2D eigenvalue weighted by Gasteiger charge is -2.20. The summed E-state index contributed by atoms with van der Waals surface area (Å²) in [6.07, 6.45) is 0. The first-order valence-corrected chi connectivity index (χ1v) is 10.8. The van der Waals surface area contributed by atoms with Gasteiger partial charge in [-0.1, -0.05) is 42.5 Å². The number of nitrogens with zero attached hydrogens (tertiary/aromatic N) is 1. The van der Waals surface area contributed by atoms with Gasteiger partial charge in [-0.3, -0.25) is 4.79 Å². The number of nitrogens with one attached hydrogen (secondary N) is 1. The molecule has 2 atom stereocenters. The Bertz CT molecular complexity index is 915. The number of methoxy groups -OCH3 is 1. The van der Waals surface area contributed by atoms with Gasteiger partial charge in [0.05, 0.1) is 17.4 Å². The highest BCUT2D eigenvalue weighted by Crippen LogP contribution is 2.37. The van der Waals surface area contributed by atoms with E-state index in [4.69, 9.17) is 4.74 Å². The Balaban J connectivity index is 1.90. The summed E-state index contributed by atoms with van der Waals surface area (Å²) in [5, 5.41) is 2.87. The van der Waals surface area contributed by atoms with Gasteiger partial charge in [-0.2, -0.15) is 4.31 Å². The van der Waals surface area contributed by atoms with Gasteiger partial charge in [-0.05, 0) is 30.2 Å². The van der Waals surface area contributed by atoms with Gasteiger partial charge < -0.3 is 10.1 Å². The summed E-state index contributed by atoms with van der Waals surface area (Å²) in [7, 11) is -2.08. The second-order valence-corrected chi connectivity index (χ2v) is 8.93. The number of hydrogen-bond acceptors (Lipinski definition) is 4. The van der Waals surface area contributed by atoms with Crippen LogP contribution in [0.5, 0.6) is 0 Å². The predicted molar refractivity (Wildman–Crippen MR) is 107 cm³/mol. The molecule has 7 heteroatoms. The van der Waals surface area contributed by atoms with E-state index in [1.54, 1.807) is 37.4 Å². The monoisotopic (exact) mass is 402 g/mol. The minimum atomic E-state index is -3.66. The van der Waals surface area contributed by atoms with Crippen LogP contribution in [0.4, 0.5) is 0 Å². The van der Waals surface area contributed by atoms with E-state index in [1.807, 2.05) is 31.2 Å². The predicted octanol–water partition coefficient (Wildman–Crippen LogP) is 2.16. The average molecular weight is 403 g/mol. The maximum absolute atomic E-state index is 13.1. The van der Waals surface area contributed by atoms with Crippen molar-refractivity contribution in [2.75, 3.05) is 33.4 Å². The van der Waals surface area contributed by atoms with E-state index in [0.29, 0.717) is 13.2 Å². The topological polar surface area (TPSA) is 75.7 Å². The van der Waals surface area contributed by atoms with E-state index in [2.05, 4.69) is 5.32 Å². The summed E-state index contributed by atoms with van der Waals surface area (Å²) in [4.78, 5) is 13.1. The largest absolute Gasteiger partial charge is 0.383 e. The molecule has 1 aliphatic heterocycles. The highest BCUT2D eigenvalue weighted by atomic mass is 32.2. The van der Waals surface area contributed by atoms with Crippen LogP contribution >= 0.6 is 0 Å². The van der Waals surface area contributed by atoms with Crippen LogP contribution in [-0.4, -0.2) is 52.0 Å². The molecule has 0 radical (unpaired) electrons. The van der Waals surface area contributed by atoms with E-state index in [9.17, 15) is 13.2 Å². The van der Waals surface area contributed by atoms with Crippen molar-refractivity contribution in [3.05, 3.63) is 65.7 Å². The maximum Gasteiger partial charge on any atom is 0.243 e. The number of hydrogen-bond donors (Lipinski definition) is 1. The third-order valence-electron chi connectivity index (χ3n) is 5.20. The van der Waals surface area contributed by atoms with E-state index in [1.165, 1.54) is 4.31 Å². The van der Waals surface area contributed by atoms with Gasteiger partial charge in [0.2, 0.25) is 15.9 Å². The second kappa shape index (κ2) is 8.86. The van der Waals surface area contributed by atoms with Gasteiger partial charge in [-0.15, -0.1) is 0 Å². The molecular formula is C21H26N2O4S. The zero-order chi connectivity index (χ0) is 20.1. The summed E-state index contributed by atoms with van der Waals surface area (Å²) in [5.74, 6) is -0.783. The Hall–Kier alpha value is -2.22. The van der Waals surface area contributed by atoms with E-state index in [-0.39, 0.29) is 29.8 Å². The lowest BCUT2D eigenvalue weighted by Crippen LogP contribution is -2.37. The van der Waals surface area contributed by atoms with Crippen LogP contribution in [0.15, 0.2) is 59.5 Å². The third-order valence-corrected chi connectivity index (χ3v) is 7.04. The molecule has 1 amide bonds. The van der Waals surface area contributed by atoms with Crippen LogP contribution in [0.3, 0.4) is 0 Å². The number of sulfonamides is 1. The molecule has 0 aliphatic carbocycles. The van der Waals surface area contributed by atoms with Gasteiger partial charge >= 0.3 is 0 Å². The first-order chi connectivity index (χ1) is 13.4. The quantitative estimate of drug-likeness (QED) is 0.720. The number of ether oxygens (including phenoxy) is 1. The van der Waals surface area contributed by atoms with Gasteiger partial charge in [0.15, 0.2) is 0 Å². The molecule has 28 heavy (non-hydrogen) atoms. The van der Waals surface area contributed by atoms with Crippen LogP contribution in [0, 0.1) is 12.8 Å². The molecule has 6 nitrogen and oxygen atoms in total. The summed E-state index contributed by atoms with van der Waals surface area (Å²) >= 11 is 0. The molecule has 1 saturated heterocycles. The fourth-order valence-electron chi connectivity index (χ4n) is 3.70. The molecule has 0 unspecified atom stereocenters. The Morgan fingerprint density at radius 2 is 1.79 bits per heavy atom. The molecule has 0 bridgehead atoms. The standard InChI is InChI=1S/C21H26N2O4S/c1-16-8-6-7-11-18(16)19-14-23(15-20(19)21(24)22-12-13-27-2)28(25,26)17-9-4-3-5-10-17/h3-11,19-20H,12-15H2,1-2H3,(H,22,24)/t19-,20-/m0/s1. The van der Waals surface area contributed by atoms with E-state index < -0.39 is 15.9 Å². The number of rotatable bonds is 7. The van der Waals surface area contributed by atoms with Gasteiger partial charge in [0.25, 0.3) is 0 Å². The molecule has 2 aromatic carbocycles. The average Bonchev–Trinajstić information content (AvgIpc) is 3.15. The molecule has 1 aliphatic rings. The van der Waals surface area contributed by atoms with E-state index >= 15 is 0 Å². The van der Waals surface area contributed by atoms with Crippen molar-refractivity contribution in [3.63, 3.8) is 0 Å². The fourth-order valence-corrected chi connectivity index (χ4v) is 5.21. The maximum atomic E-state index is 13.1. The summed E-state index contributed by atoms with van der Waals surface area (Å²) < 4.78 is 32.6. The third kappa shape index (κ3) is 4.27. The molecule has 0 aromatic heterocycles. The Morgan fingerprint density at radius 3 is 2.46 bits per heavy atom. The van der Waals surface area contributed by atoms with Crippen molar-refractivity contribution in [1.82, 2.24) is 9.62 Å². The zero-order valence-corrected chi connectivity index (χ0v) is 17.0. The Labute approximate surface area is 166 Å². The first-order valence-electron chi connectivity index (χ1n) is 9.32. The van der Waals surface area contributed by atoms with Crippen molar-refractivity contribution in [2.24, 2.45) is 5.92 Å². The van der Waals surface area contributed by atoms with Gasteiger partial charge in [0.1, 0.15) is 0 Å². The number of amides is 1. The molecule has 0 saturated carbocycles. The second-order valence-electron chi connectivity index (χ2n) is 6.99.